The maximum atomic E-state index is 12.2. The predicted octanol–water partition coefficient (Wildman–Crippen LogP) is 3.41. The number of carbonyl (C=O) groups is 1. The van der Waals surface area contributed by atoms with E-state index in [-0.39, 0.29) is 18.3 Å². The van der Waals surface area contributed by atoms with E-state index in [0.29, 0.717) is 13.0 Å². The van der Waals surface area contributed by atoms with Crippen molar-refractivity contribution in [2.75, 3.05) is 7.05 Å². The van der Waals surface area contributed by atoms with Crippen molar-refractivity contribution in [3.63, 3.8) is 0 Å². The second-order valence-corrected chi connectivity index (χ2v) is 6.88. The third-order valence-electron chi connectivity index (χ3n) is 2.65. The molecule has 0 aliphatic carbocycles. The Morgan fingerprint density at radius 3 is 2.67 bits per heavy atom. The first-order valence-corrected chi connectivity index (χ1v) is 7.31. The number of hydrogen-bond donors (Lipinski definition) is 1. The predicted molar refractivity (Wildman–Crippen MR) is 83.2 cm³/mol. The van der Waals surface area contributed by atoms with Crippen molar-refractivity contribution in [3.8, 4) is 0 Å². The van der Waals surface area contributed by atoms with Crippen molar-refractivity contribution in [2.24, 2.45) is 5.73 Å². The van der Waals surface area contributed by atoms with Gasteiger partial charge in [-0.25, -0.2) is 0 Å². The Bertz CT molecular complexity index is 395. The molecule has 0 spiro atoms. The van der Waals surface area contributed by atoms with Crippen molar-refractivity contribution in [1.29, 1.82) is 0 Å². The number of rotatable bonds is 5. The van der Waals surface area contributed by atoms with Gasteiger partial charge in [-0.3, -0.25) is 4.79 Å². The zero-order valence-electron chi connectivity index (χ0n) is 10.9. The van der Waals surface area contributed by atoms with Gasteiger partial charge in [0.05, 0.1) is 9.33 Å². The molecule has 0 bridgehead atoms. The van der Waals surface area contributed by atoms with Gasteiger partial charge in [-0.1, -0.05) is 13.3 Å². The van der Waals surface area contributed by atoms with E-state index in [0.717, 1.165) is 15.8 Å². The highest BCUT2D eigenvalue weighted by atomic mass is 79.9. The summed E-state index contributed by atoms with van der Waals surface area (Å²) in [6.45, 7) is 4.45. The molecular weight excluding hydrogens is 336 g/mol. The summed E-state index contributed by atoms with van der Waals surface area (Å²) in [5.41, 5.74) is 6.41. The maximum Gasteiger partial charge on any atom is 0.242 e. The molecule has 1 heterocycles. The van der Waals surface area contributed by atoms with E-state index >= 15 is 0 Å². The van der Waals surface area contributed by atoms with Crippen molar-refractivity contribution in [3.05, 3.63) is 20.8 Å². The third-order valence-corrected chi connectivity index (χ3v) is 4.20. The minimum atomic E-state index is -0.753. The van der Waals surface area contributed by atoms with Crippen molar-refractivity contribution in [2.45, 2.75) is 38.8 Å². The van der Waals surface area contributed by atoms with Crippen LogP contribution in [0, 0.1) is 0 Å². The standard InChI is InChI=1S/C12H19BrN2OS.ClH/c1-4-5-12(2,14)11(16)15(3)7-9-6-10(13)17-8-9;/h6,8H,4-5,7,14H2,1-3H3;1H. The van der Waals surface area contributed by atoms with Crippen LogP contribution in [0.2, 0.25) is 0 Å². The van der Waals surface area contributed by atoms with Gasteiger partial charge in [0.15, 0.2) is 0 Å². The normalized spacial score (nSPS) is 13.6. The van der Waals surface area contributed by atoms with Crippen LogP contribution in [-0.4, -0.2) is 23.4 Å². The Labute approximate surface area is 127 Å². The fourth-order valence-corrected chi connectivity index (χ4v) is 3.04. The summed E-state index contributed by atoms with van der Waals surface area (Å²) in [6, 6.07) is 2.03. The summed E-state index contributed by atoms with van der Waals surface area (Å²) in [4.78, 5) is 13.9. The Balaban J connectivity index is 0.00000289. The lowest BCUT2D eigenvalue weighted by atomic mass is 9.96. The van der Waals surface area contributed by atoms with Gasteiger partial charge in [0.25, 0.3) is 0 Å². The molecule has 0 fully saturated rings. The third kappa shape index (κ3) is 4.88. The topological polar surface area (TPSA) is 46.3 Å². The van der Waals surface area contributed by atoms with Crippen LogP contribution < -0.4 is 5.73 Å². The molecule has 0 aromatic carbocycles. The SMILES string of the molecule is CCCC(C)(N)C(=O)N(C)Cc1csc(Br)c1.Cl. The lowest BCUT2D eigenvalue weighted by Crippen LogP contribution is -2.51. The zero-order chi connectivity index (χ0) is 13.1. The molecule has 1 rings (SSSR count). The first-order chi connectivity index (χ1) is 7.86. The van der Waals surface area contributed by atoms with Gasteiger partial charge in [-0.2, -0.15) is 0 Å². The second-order valence-electron chi connectivity index (χ2n) is 4.59. The molecule has 1 aromatic heterocycles. The van der Waals surface area contributed by atoms with Crippen molar-refractivity contribution in [1.82, 2.24) is 4.90 Å². The first-order valence-electron chi connectivity index (χ1n) is 5.64. The van der Waals surface area contributed by atoms with Crippen LogP contribution >= 0.6 is 39.7 Å². The summed E-state index contributed by atoms with van der Waals surface area (Å²) in [5.74, 6) is 0.00155. The number of nitrogens with two attached hydrogens (primary N) is 1. The van der Waals surface area contributed by atoms with Crippen LogP contribution in [0.3, 0.4) is 0 Å². The van der Waals surface area contributed by atoms with Gasteiger partial charge in [0.2, 0.25) is 5.91 Å². The van der Waals surface area contributed by atoms with Crippen LogP contribution in [0.25, 0.3) is 0 Å². The van der Waals surface area contributed by atoms with Gasteiger partial charge in [-0.05, 0) is 46.3 Å². The number of amides is 1. The molecule has 0 saturated heterocycles. The molecule has 1 atom stereocenters. The number of hydrogen-bond acceptors (Lipinski definition) is 3. The molecule has 0 saturated carbocycles. The number of carbonyl (C=O) groups excluding carboxylic acids is 1. The molecule has 1 aromatic rings. The van der Waals surface area contributed by atoms with Crippen molar-refractivity contribution < 1.29 is 4.79 Å². The molecule has 1 amide bonds. The summed E-state index contributed by atoms with van der Waals surface area (Å²) < 4.78 is 1.08. The highest BCUT2D eigenvalue weighted by Crippen LogP contribution is 2.22. The van der Waals surface area contributed by atoms with Gasteiger partial charge >= 0.3 is 0 Å². The summed E-state index contributed by atoms with van der Waals surface area (Å²) in [5, 5.41) is 2.04. The Morgan fingerprint density at radius 2 is 2.22 bits per heavy atom. The molecular formula is C12H20BrClN2OS. The minimum Gasteiger partial charge on any atom is -0.340 e. The van der Waals surface area contributed by atoms with E-state index in [1.807, 2.05) is 18.4 Å². The quantitative estimate of drug-likeness (QED) is 0.880. The molecule has 104 valence electrons. The lowest BCUT2D eigenvalue weighted by Gasteiger charge is -2.28. The smallest absolute Gasteiger partial charge is 0.242 e. The van der Waals surface area contributed by atoms with Gasteiger partial charge in [-0.15, -0.1) is 23.7 Å². The molecule has 6 heteroatoms. The number of nitrogens with zero attached hydrogens (tertiary/aromatic N) is 1. The van der Waals surface area contributed by atoms with Gasteiger partial charge in [0.1, 0.15) is 0 Å². The Kier molecular flexibility index (Phi) is 7.44. The molecule has 0 aliphatic rings. The zero-order valence-corrected chi connectivity index (χ0v) is 14.1. The molecule has 3 nitrogen and oxygen atoms in total. The largest absolute Gasteiger partial charge is 0.340 e. The molecule has 1 unspecified atom stereocenters. The average Bonchev–Trinajstić information content (AvgIpc) is 2.62. The average molecular weight is 356 g/mol. The van der Waals surface area contributed by atoms with Gasteiger partial charge in [0, 0.05) is 13.6 Å². The number of thiophene rings is 1. The van der Waals surface area contributed by atoms with Crippen molar-refractivity contribution >= 4 is 45.6 Å². The van der Waals surface area contributed by atoms with Crippen LogP contribution in [0.4, 0.5) is 0 Å². The van der Waals surface area contributed by atoms with E-state index in [1.54, 1.807) is 30.2 Å². The monoisotopic (exact) mass is 354 g/mol. The van der Waals surface area contributed by atoms with E-state index in [2.05, 4.69) is 15.9 Å². The molecule has 2 N–H and O–H groups in total. The summed E-state index contributed by atoms with van der Waals surface area (Å²) in [7, 11) is 1.80. The van der Waals surface area contributed by atoms with Gasteiger partial charge < -0.3 is 10.6 Å². The maximum absolute atomic E-state index is 12.2. The molecule has 0 radical (unpaired) electrons. The van der Waals surface area contributed by atoms with E-state index in [1.165, 1.54) is 0 Å². The van der Waals surface area contributed by atoms with Crippen LogP contribution in [-0.2, 0) is 11.3 Å². The van der Waals surface area contributed by atoms with E-state index < -0.39 is 5.54 Å². The fraction of sp³-hybridized carbons (Fsp3) is 0.583. The lowest BCUT2D eigenvalue weighted by molar-refractivity contribution is -0.135. The van der Waals surface area contributed by atoms with Crippen LogP contribution in [0.15, 0.2) is 15.2 Å². The minimum absolute atomic E-state index is 0. The van der Waals surface area contributed by atoms with E-state index in [9.17, 15) is 4.79 Å². The summed E-state index contributed by atoms with van der Waals surface area (Å²) >= 11 is 5.04. The van der Waals surface area contributed by atoms with E-state index in [4.69, 9.17) is 5.73 Å². The van der Waals surface area contributed by atoms with Crippen LogP contribution in [0.5, 0.6) is 0 Å². The Morgan fingerprint density at radius 1 is 1.61 bits per heavy atom. The van der Waals surface area contributed by atoms with Crippen LogP contribution in [0.1, 0.15) is 32.3 Å². The molecule has 18 heavy (non-hydrogen) atoms. The number of likely N-dealkylation sites (N-methyl/N-ethyl adjacent to an activating group) is 1. The Hall–Kier alpha value is -0.100. The second kappa shape index (κ2) is 7.48. The fourth-order valence-electron chi connectivity index (χ4n) is 1.84. The highest BCUT2D eigenvalue weighted by Gasteiger charge is 2.30. The molecule has 0 aliphatic heterocycles. The highest BCUT2D eigenvalue weighted by molar-refractivity contribution is 9.11. The summed E-state index contributed by atoms with van der Waals surface area (Å²) in [6.07, 6.45) is 1.63. The first kappa shape index (κ1) is 17.9. The number of halogens is 2.